The van der Waals surface area contributed by atoms with Gasteiger partial charge < -0.3 is 4.74 Å². The van der Waals surface area contributed by atoms with Crippen LogP contribution in [0.4, 0.5) is 4.39 Å². The predicted octanol–water partition coefficient (Wildman–Crippen LogP) is 5.87. The summed E-state index contributed by atoms with van der Waals surface area (Å²) in [6.45, 7) is 0. The molecule has 0 bridgehead atoms. The van der Waals surface area contributed by atoms with Gasteiger partial charge in [0.25, 0.3) is 0 Å². The lowest BCUT2D eigenvalue weighted by atomic mass is 10.1. The van der Waals surface area contributed by atoms with Gasteiger partial charge in [-0.3, -0.25) is 5.14 Å². The summed E-state index contributed by atoms with van der Waals surface area (Å²) in [7, 11) is 1.64. The normalized spacial score (nSPS) is 11.1. The topological polar surface area (TPSA) is 66.0 Å². The molecule has 0 fully saturated rings. The van der Waals surface area contributed by atoms with Crippen LogP contribution in [0.1, 0.15) is 0 Å². The number of hydrogen-bond donors (Lipinski definition) is 1. The van der Waals surface area contributed by atoms with Gasteiger partial charge in [0.2, 0.25) is 0 Å². The second-order valence-corrected chi connectivity index (χ2v) is 7.91. The molecule has 5 aromatic rings. The van der Waals surface area contributed by atoms with Gasteiger partial charge in [-0.1, -0.05) is 6.07 Å². The summed E-state index contributed by atoms with van der Waals surface area (Å²) in [5.41, 5.74) is 4.95. The zero-order chi connectivity index (χ0) is 22.1. The summed E-state index contributed by atoms with van der Waals surface area (Å²) in [5.74, 6) is 0.503. The van der Waals surface area contributed by atoms with E-state index in [9.17, 15) is 4.39 Å². The van der Waals surface area contributed by atoms with E-state index < -0.39 is 0 Å². The minimum Gasteiger partial charge on any atom is -0.497 e. The molecule has 2 heterocycles. The smallest absolute Gasteiger partial charge is 0.123 e. The Morgan fingerprint density at radius 3 is 2.38 bits per heavy atom. The molecule has 0 spiro atoms. The molecular formula is C25H19FN4OS. The van der Waals surface area contributed by atoms with Gasteiger partial charge >= 0.3 is 0 Å². The lowest BCUT2D eigenvalue weighted by Gasteiger charge is -2.08. The highest BCUT2D eigenvalue weighted by Gasteiger charge is 2.15. The van der Waals surface area contributed by atoms with Crippen LogP contribution in [-0.4, -0.2) is 21.9 Å². The van der Waals surface area contributed by atoms with Crippen LogP contribution in [0, 0.1) is 5.82 Å². The van der Waals surface area contributed by atoms with E-state index in [0.29, 0.717) is 0 Å². The van der Waals surface area contributed by atoms with Gasteiger partial charge in [-0.05, 0) is 90.8 Å². The maximum absolute atomic E-state index is 13.6. The predicted molar refractivity (Wildman–Crippen MR) is 126 cm³/mol. The lowest BCUT2D eigenvalue weighted by molar-refractivity contribution is 0.415. The fraction of sp³-hybridized carbons (Fsp3) is 0.0400. The summed E-state index contributed by atoms with van der Waals surface area (Å²) in [5, 5.41) is 11.3. The fourth-order valence-corrected chi connectivity index (χ4v) is 3.86. The van der Waals surface area contributed by atoms with E-state index in [-0.39, 0.29) is 5.82 Å². The third-order valence-electron chi connectivity index (χ3n) is 5.23. The Kier molecular flexibility index (Phi) is 5.34. The highest BCUT2D eigenvalue weighted by atomic mass is 32.2. The summed E-state index contributed by atoms with van der Waals surface area (Å²) >= 11 is 1.20. The average molecular weight is 443 g/mol. The number of halogens is 1. The van der Waals surface area contributed by atoms with Crippen LogP contribution in [0.25, 0.3) is 39.2 Å². The standard InChI is InChI=1S/C25H19FN4OS/c1-31-20-8-2-16(3-9-20)24-15-25(30(29-24)19-6-10-21(32-27)11-7-19)23-12-4-17-14-18(26)5-13-22(17)28-23/h2-15H,27H2,1H3. The molecule has 0 saturated carbocycles. The van der Waals surface area contributed by atoms with Gasteiger partial charge in [0.05, 0.1) is 35.4 Å². The van der Waals surface area contributed by atoms with Crippen LogP contribution in [-0.2, 0) is 0 Å². The van der Waals surface area contributed by atoms with Crippen molar-refractivity contribution in [2.45, 2.75) is 4.90 Å². The van der Waals surface area contributed by atoms with Crippen molar-refractivity contribution >= 4 is 22.9 Å². The minimum atomic E-state index is -0.281. The molecule has 0 aliphatic carbocycles. The van der Waals surface area contributed by atoms with E-state index in [1.165, 1.54) is 24.1 Å². The van der Waals surface area contributed by atoms with Gasteiger partial charge in [0.15, 0.2) is 0 Å². The Morgan fingerprint density at radius 2 is 1.66 bits per heavy atom. The molecule has 0 amide bonds. The lowest BCUT2D eigenvalue weighted by Crippen LogP contribution is -2.00. The fourth-order valence-electron chi connectivity index (χ4n) is 3.57. The molecule has 7 heteroatoms. The second kappa shape index (κ2) is 8.45. The summed E-state index contributed by atoms with van der Waals surface area (Å²) in [4.78, 5) is 5.73. The van der Waals surface area contributed by atoms with Crippen LogP contribution in [0.15, 0.2) is 89.8 Å². The van der Waals surface area contributed by atoms with Crippen molar-refractivity contribution < 1.29 is 9.13 Å². The van der Waals surface area contributed by atoms with E-state index >= 15 is 0 Å². The monoisotopic (exact) mass is 442 g/mol. The number of pyridine rings is 1. The quantitative estimate of drug-likeness (QED) is 0.345. The molecule has 0 unspecified atom stereocenters. The number of hydrogen-bond acceptors (Lipinski definition) is 5. The van der Waals surface area contributed by atoms with Crippen molar-refractivity contribution in [1.82, 2.24) is 14.8 Å². The molecule has 2 aromatic heterocycles. The number of fused-ring (bicyclic) bond motifs is 1. The SMILES string of the molecule is COc1ccc(-c2cc(-c3ccc4cc(F)ccc4n3)n(-c3ccc(SN)cc3)n2)cc1. The number of methoxy groups -OCH3 is 1. The Hall–Kier alpha value is -3.68. The van der Waals surface area contributed by atoms with Crippen LogP contribution >= 0.6 is 11.9 Å². The number of rotatable bonds is 5. The molecule has 5 rings (SSSR count). The van der Waals surface area contributed by atoms with Gasteiger partial charge in [0, 0.05) is 15.8 Å². The van der Waals surface area contributed by atoms with E-state index in [4.69, 9.17) is 20.0 Å². The number of aromatic nitrogens is 3. The first-order chi connectivity index (χ1) is 15.6. The first kappa shape index (κ1) is 20.2. The molecule has 0 aliphatic heterocycles. The third-order valence-corrected chi connectivity index (χ3v) is 5.77. The molecule has 0 radical (unpaired) electrons. The minimum absolute atomic E-state index is 0.281. The third kappa shape index (κ3) is 3.84. The molecule has 0 saturated heterocycles. The van der Waals surface area contributed by atoms with Crippen molar-refractivity contribution in [3.63, 3.8) is 0 Å². The summed E-state index contributed by atoms with van der Waals surface area (Å²) in [6.07, 6.45) is 0. The first-order valence-electron chi connectivity index (χ1n) is 9.93. The van der Waals surface area contributed by atoms with Crippen LogP contribution < -0.4 is 9.88 Å². The van der Waals surface area contributed by atoms with E-state index in [1.807, 2.05) is 71.4 Å². The van der Waals surface area contributed by atoms with E-state index in [2.05, 4.69) is 0 Å². The van der Waals surface area contributed by atoms with Crippen LogP contribution in [0.5, 0.6) is 5.75 Å². The van der Waals surface area contributed by atoms with Crippen LogP contribution in [0.3, 0.4) is 0 Å². The van der Waals surface area contributed by atoms with Crippen molar-refractivity contribution in [3.05, 3.63) is 90.7 Å². The van der Waals surface area contributed by atoms with Gasteiger partial charge in [-0.25, -0.2) is 14.1 Å². The molecule has 0 atom stereocenters. The van der Waals surface area contributed by atoms with Gasteiger partial charge in [-0.15, -0.1) is 0 Å². The summed E-state index contributed by atoms with van der Waals surface area (Å²) < 4.78 is 20.7. The van der Waals surface area contributed by atoms with Crippen molar-refractivity contribution in [2.24, 2.45) is 5.14 Å². The first-order valence-corrected chi connectivity index (χ1v) is 10.8. The molecular weight excluding hydrogens is 423 g/mol. The maximum atomic E-state index is 13.6. The van der Waals surface area contributed by atoms with E-state index in [1.54, 1.807) is 13.2 Å². The molecule has 158 valence electrons. The van der Waals surface area contributed by atoms with E-state index in [0.717, 1.165) is 49.9 Å². The number of nitrogens with zero attached hydrogens (tertiary/aromatic N) is 3. The Bertz CT molecular complexity index is 1400. The van der Waals surface area contributed by atoms with Crippen LogP contribution in [0.2, 0.25) is 0 Å². The number of ether oxygens (including phenoxy) is 1. The van der Waals surface area contributed by atoms with Crippen molar-refractivity contribution in [2.75, 3.05) is 7.11 Å². The van der Waals surface area contributed by atoms with Crippen molar-refractivity contribution in [3.8, 4) is 34.1 Å². The molecule has 3 aromatic carbocycles. The Labute approximate surface area is 188 Å². The average Bonchev–Trinajstić information content (AvgIpc) is 3.29. The van der Waals surface area contributed by atoms with Crippen molar-refractivity contribution in [1.29, 1.82) is 0 Å². The highest BCUT2D eigenvalue weighted by molar-refractivity contribution is 7.97. The Balaban J connectivity index is 1.66. The largest absolute Gasteiger partial charge is 0.497 e. The second-order valence-electron chi connectivity index (χ2n) is 7.20. The molecule has 2 N–H and O–H groups in total. The van der Waals surface area contributed by atoms with Gasteiger partial charge in [-0.2, -0.15) is 5.10 Å². The molecule has 32 heavy (non-hydrogen) atoms. The zero-order valence-corrected chi connectivity index (χ0v) is 18.0. The maximum Gasteiger partial charge on any atom is 0.123 e. The highest BCUT2D eigenvalue weighted by Crippen LogP contribution is 2.30. The molecule has 5 nitrogen and oxygen atoms in total. The number of benzene rings is 3. The van der Waals surface area contributed by atoms with Gasteiger partial charge in [0.1, 0.15) is 11.6 Å². The number of nitrogens with two attached hydrogens (primary N) is 1. The summed E-state index contributed by atoms with van der Waals surface area (Å²) in [6, 6.07) is 26.0. The zero-order valence-electron chi connectivity index (χ0n) is 17.2. The molecule has 0 aliphatic rings. The Morgan fingerprint density at radius 1 is 0.875 bits per heavy atom.